The molecule has 4 nitrogen and oxygen atoms in total. The van der Waals surface area contributed by atoms with Gasteiger partial charge in [0.15, 0.2) is 0 Å². The van der Waals surface area contributed by atoms with Gasteiger partial charge in [-0.05, 0) is 33.6 Å². The zero-order chi connectivity index (χ0) is 13.2. The van der Waals surface area contributed by atoms with Crippen LogP contribution in [0.4, 0.5) is 4.79 Å². The summed E-state index contributed by atoms with van der Waals surface area (Å²) in [5, 5.41) is 3.12. The monoisotopic (exact) mass is 268 g/mol. The molecule has 0 unspecified atom stereocenters. The van der Waals surface area contributed by atoms with E-state index in [-0.39, 0.29) is 6.09 Å². The van der Waals surface area contributed by atoms with Crippen LogP contribution in [0.2, 0.25) is 0 Å². The molecule has 0 spiro atoms. The van der Waals surface area contributed by atoms with Gasteiger partial charge in [0, 0.05) is 30.6 Å². The van der Waals surface area contributed by atoms with Gasteiger partial charge in [-0.1, -0.05) is 0 Å². The molecule has 0 aromatic carbocycles. The third-order valence-corrected chi connectivity index (χ3v) is 3.81. The van der Waals surface area contributed by atoms with Crippen molar-refractivity contribution in [1.82, 2.24) is 9.88 Å². The topological polar surface area (TPSA) is 42.4 Å². The summed E-state index contributed by atoms with van der Waals surface area (Å²) in [5.41, 5.74) is -0.425. The highest BCUT2D eigenvalue weighted by molar-refractivity contribution is 7.09. The van der Waals surface area contributed by atoms with Gasteiger partial charge < -0.3 is 9.64 Å². The summed E-state index contributed by atoms with van der Waals surface area (Å²) < 4.78 is 5.41. The van der Waals surface area contributed by atoms with Crippen molar-refractivity contribution in [1.29, 1.82) is 0 Å². The number of ether oxygens (including phenoxy) is 1. The Morgan fingerprint density at radius 2 is 2.33 bits per heavy atom. The molecule has 0 radical (unpaired) electrons. The molecule has 1 aromatic rings. The molecule has 100 valence electrons. The lowest BCUT2D eigenvalue weighted by atomic mass is 9.99. The summed E-state index contributed by atoms with van der Waals surface area (Å²) in [4.78, 5) is 18.2. The summed E-state index contributed by atoms with van der Waals surface area (Å²) in [5.74, 6) is 0.367. The molecule has 1 atom stereocenters. The molecule has 1 saturated heterocycles. The van der Waals surface area contributed by atoms with Gasteiger partial charge in [0.1, 0.15) is 5.60 Å². The van der Waals surface area contributed by atoms with Gasteiger partial charge in [-0.3, -0.25) is 0 Å². The predicted octanol–water partition coefficient (Wildman–Crippen LogP) is 3.26. The fraction of sp³-hybridized carbons (Fsp3) is 0.692. The minimum atomic E-state index is -0.425. The number of nitrogens with zero attached hydrogens (tertiary/aromatic N) is 2. The molecule has 2 rings (SSSR count). The second kappa shape index (κ2) is 5.26. The largest absolute Gasteiger partial charge is 0.444 e. The van der Waals surface area contributed by atoms with Crippen molar-refractivity contribution in [2.24, 2.45) is 0 Å². The number of hydrogen-bond donors (Lipinski definition) is 0. The van der Waals surface area contributed by atoms with E-state index in [0.717, 1.165) is 30.9 Å². The fourth-order valence-corrected chi connectivity index (χ4v) is 2.87. The van der Waals surface area contributed by atoms with E-state index in [1.165, 1.54) is 0 Å². The van der Waals surface area contributed by atoms with Crippen LogP contribution >= 0.6 is 11.3 Å². The van der Waals surface area contributed by atoms with Gasteiger partial charge >= 0.3 is 6.09 Å². The number of rotatable bonds is 1. The molecular formula is C13H20N2O2S. The maximum Gasteiger partial charge on any atom is 0.410 e. The number of aromatic nitrogens is 1. The zero-order valence-corrected chi connectivity index (χ0v) is 12.0. The van der Waals surface area contributed by atoms with Crippen LogP contribution in [0.3, 0.4) is 0 Å². The molecule has 1 aliphatic heterocycles. The van der Waals surface area contributed by atoms with Crippen molar-refractivity contribution >= 4 is 17.4 Å². The molecule has 1 aliphatic rings. The zero-order valence-electron chi connectivity index (χ0n) is 11.2. The maximum atomic E-state index is 12.0. The molecule has 2 heterocycles. The summed E-state index contributed by atoms with van der Waals surface area (Å²) in [6.07, 6.45) is 3.74. The number of hydrogen-bond acceptors (Lipinski definition) is 4. The molecule has 18 heavy (non-hydrogen) atoms. The number of piperidine rings is 1. The lowest BCUT2D eigenvalue weighted by Gasteiger charge is -2.33. The van der Waals surface area contributed by atoms with E-state index >= 15 is 0 Å². The predicted molar refractivity (Wildman–Crippen MR) is 71.9 cm³/mol. The Morgan fingerprint density at radius 1 is 1.56 bits per heavy atom. The van der Waals surface area contributed by atoms with E-state index in [9.17, 15) is 4.79 Å². The van der Waals surface area contributed by atoms with Gasteiger partial charge in [0.2, 0.25) is 0 Å². The number of carbonyl (C=O) groups is 1. The lowest BCUT2D eigenvalue weighted by Crippen LogP contribution is -2.42. The Hall–Kier alpha value is -1.10. The van der Waals surface area contributed by atoms with Gasteiger partial charge in [-0.25, -0.2) is 9.78 Å². The summed E-state index contributed by atoms with van der Waals surface area (Å²) in [6, 6.07) is 0. The summed E-state index contributed by atoms with van der Waals surface area (Å²) in [7, 11) is 0. The fourth-order valence-electron chi connectivity index (χ4n) is 2.11. The molecule has 0 bridgehead atoms. The molecule has 5 heteroatoms. The quantitative estimate of drug-likeness (QED) is 0.785. The average molecular weight is 268 g/mol. The summed E-state index contributed by atoms with van der Waals surface area (Å²) in [6.45, 7) is 7.20. The van der Waals surface area contributed by atoms with Gasteiger partial charge in [0.25, 0.3) is 0 Å². The molecule has 0 saturated carbocycles. The van der Waals surface area contributed by atoms with E-state index in [0.29, 0.717) is 5.92 Å². The second-order valence-corrected chi connectivity index (χ2v) is 6.56. The van der Waals surface area contributed by atoms with Crippen LogP contribution in [-0.4, -0.2) is 34.7 Å². The highest BCUT2D eigenvalue weighted by atomic mass is 32.1. The van der Waals surface area contributed by atoms with Crippen LogP contribution in [0.5, 0.6) is 0 Å². The maximum absolute atomic E-state index is 12.0. The first kappa shape index (κ1) is 13.3. The smallest absolute Gasteiger partial charge is 0.410 e. The second-order valence-electron chi connectivity index (χ2n) is 5.64. The lowest BCUT2D eigenvalue weighted by molar-refractivity contribution is 0.0198. The molecule has 1 aromatic heterocycles. The number of carbonyl (C=O) groups excluding carboxylic acids is 1. The first-order valence-electron chi connectivity index (χ1n) is 6.33. The first-order chi connectivity index (χ1) is 8.46. The van der Waals surface area contributed by atoms with Gasteiger partial charge in [-0.15, -0.1) is 11.3 Å². The van der Waals surface area contributed by atoms with Crippen molar-refractivity contribution in [3.63, 3.8) is 0 Å². The van der Waals surface area contributed by atoms with E-state index in [1.807, 2.05) is 32.3 Å². The van der Waals surface area contributed by atoms with E-state index in [4.69, 9.17) is 4.74 Å². The Bertz CT molecular complexity index is 398. The highest BCUT2D eigenvalue weighted by Gasteiger charge is 2.29. The molecule has 1 fully saturated rings. The van der Waals surface area contributed by atoms with E-state index in [2.05, 4.69) is 4.98 Å². The van der Waals surface area contributed by atoms with Crippen LogP contribution in [-0.2, 0) is 4.74 Å². The highest BCUT2D eigenvalue weighted by Crippen LogP contribution is 2.28. The van der Waals surface area contributed by atoms with Crippen LogP contribution in [0.15, 0.2) is 11.6 Å². The number of thiazole rings is 1. The molecule has 1 amide bonds. The minimum Gasteiger partial charge on any atom is -0.444 e. The summed E-state index contributed by atoms with van der Waals surface area (Å²) >= 11 is 1.67. The molecule has 0 aliphatic carbocycles. The Balaban J connectivity index is 1.96. The van der Waals surface area contributed by atoms with Gasteiger partial charge in [0.05, 0.1) is 5.01 Å². The average Bonchev–Trinajstić information content (AvgIpc) is 2.80. The van der Waals surface area contributed by atoms with Crippen molar-refractivity contribution in [2.45, 2.75) is 45.1 Å². The SMILES string of the molecule is CC(C)(C)OC(=O)N1CCC[C@@H](c2nccs2)C1. The van der Waals surface area contributed by atoms with Crippen molar-refractivity contribution in [2.75, 3.05) is 13.1 Å². The van der Waals surface area contributed by atoms with Crippen LogP contribution in [0.25, 0.3) is 0 Å². The van der Waals surface area contributed by atoms with Crippen molar-refractivity contribution < 1.29 is 9.53 Å². The van der Waals surface area contributed by atoms with Crippen LogP contribution in [0.1, 0.15) is 44.5 Å². The van der Waals surface area contributed by atoms with E-state index in [1.54, 1.807) is 16.2 Å². The van der Waals surface area contributed by atoms with Crippen molar-refractivity contribution in [3.05, 3.63) is 16.6 Å². The minimum absolute atomic E-state index is 0.205. The number of likely N-dealkylation sites (tertiary alicyclic amines) is 1. The van der Waals surface area contributed by atoms with Crippen LogP contribution < -0.4 is 0 Å². The normalized spacial score (nSPS) is 20.8. The molecule has 0 N–H and O–H groups in total. The Kier molecular flexibility index (Phi) is 3.90. The Labute approximate surface area is 112 Å². The van der Waals surface area contributed by atoms with E-state index < -0.39 is 5.60 Å². The molecular weight excluding hydrogens is 248 g/mol. The first-order valence-corrected chi connectivity index (χ1v) is 7.21. The van der Waals surface area contributed by atoms with Crippen molar-refractivity contribution in [3.8, 4) is 0 Å². The van der Waals surface area contributed by atoms with Crippen LogP contribution in [0, 0.1) is 0 Å². The number of amides is 1. The van der Waals surface area contributed by atoms with Gasteiger partial charge in [-0.2, -0.15) is 0 Å². The Morgan fingerprint density at radius 3 is 2.94 bits per heavy atom. The third kappa shape index (κ3) is 3.45. The standard InChI is InChI=1S/C13H20N2O2S/c1-13(2,3)17-12(16)15-7-4-5-10(9-15)11-14-6-8-18-11/h6,8,10H,4-5,7,9H2,1-3H3/t10-/m1/s1. The third-order valence-electron chi connectivity index (χ3n) is 2.87.